The predicted molar refractivity (Wildman–Crippen MR) is 113 cm³/mol. The van der Waals surface area contributed by atoms with Crippen molar-refractivity contribution < 1.29 is 19.3 Å². The van der Waals surface area contributed by atoms with Gasteiger partial charge in [-0.1, -0.05) is 12.7 Å². The Morgan fingerprint density at radius 2 is 2.17 bits per heavy atom. The number of aromatic hydroxyl groups is 1. The minimum atomic E-state index is -0.362. The highest BCUT2D eigenvalue weighted by Crippen LogP contribution is 2.44. The normalized spacial score (nSPS) is 15.9. The molecule has 6 heteroatoms. The fourth-order valence-corrected chi connectivity index (χ4v) is 3.41. The van der Waals surface area contributed by atoms with Crippen LogP contribution in [0.3, 0.4) is 0 Å². The van der Waals surface area contributed by atoms with Crippen LogP contribution in [0.2, 0.25) is 0 Å². The summed E-state index contributed by atoms with van der Waals surface area (Å²) < 4.78 is 17.5. The van der Waals surface area contributed by atoms with E-state index in [0.29, 0.717) is 5.56 Å². The summed E-state index contributed by atoms with van der Waals surface area (Å²) in [4.78, 5) is 11.1. The second kappa shape index (κ2) is 7.13. The monoisotopic (exact) mass is 391 g/mol. The van der Waals surface area contributed by atoms with Crippen molar-refractivity contribution in [1.82, 2.24) is 0 Å². The maximum atomic E-state index is 11.1. The number of phenols is 1. The first-order chi connectivity index (χ1) is 13.9. The standard InChI is InChI=1S/C23H21NO5/c1-4-9-27-21-11-17(19(25)12-18(21)24-26)15-10-14-5-6-20-16(22(14)28-13-15)7-8-23(2,3)29-20/h4-8,10-12,25H,1,9,13H2,2-3H3. The zero-order valence-corrected chi connectivity index (χ0v) is 16.3. The highest BCUT2D eigenvalue weighted by molar-refractivity contribution is 5.90. The fourth-order valence-electron chi connectivity index (χ4n) is 3.41. The van der Waals surface area contributed by atoms with Crippen LogP contribution in [0, 0.1) is 4.91 Å². The molecule has 2 heterocycles. The van der Waals surface area contributed by atoms with Crippen LogP contribution < -0.4 is 14.2 Å². The Balaban J connectivity index is 1.75. The number of nitrogens with zero attached hydrogens (tertiary/aromatic N) is 1. The van der Waals surface area contributed by atoms with E-state index in [2.05, 4.69) is 11.8 Å². The number of hydrogen-bond donors (Lipinski definition) is 1. The maximum absolute atomic E-state index is 11.1. The summed E-state index contributed by atoms with van der Waals surface area (Å²) in [5.74, 6) is 1.74. The Labute approximate surface area is 168 Å². The lowest BCUT2D eigenvalue weighted by molar-refractivity contribution is 0.158. The first kappa shape index (κ1) is 18.8. The SMILES string of the molecule is C=CCOc1cc(C2=Cc3ccc4c(c3OC2)C=CC(C)(C)O4)c(O)cc1N=O. The molecule has 0 unspecified atom stereocenters. The van der Waals surface area contributed by atoms with Gasteiger partial charge in [-0.15, -0.1) is 4.91 Å². The number of phenolic OH excluding ortho intramolecular Hbond substituents is 1. The summed E-state index contributed by atoms with van der Waals surface area (Å²) in [5, 5.41) is 13.3. The van der Waals surface area contributed by atoms with E-state index in [-0.39, 0.29) is 36.0 Å². The smallest absolute Gasteiger partial charge is 0.153 e. The topological polar surface area (TPSA) is 77.3 Å². The molecule has 0 fully saturated rings. The van der Waals surface area contributed by atoms with Crippen LogP contribution in [-0.2, 0) is 0 Å². The van der Waals surface area contributed by atoms with Crippen LogP contribution >= 0.6 is 0 Å². The van der Waals surface area contributed by atoms with E-state index in [1.165, 1.54) is 6.07 Å². The average molecular weight is 391 g/mol. The van der Waals surface area contributed by atoms with Crippen LogP contribution in [-0.4, -0.2) is 23.9 Å². The van der Waals surface area contributed by atoms with Crippen LogP contribution in [0.4, 0.5) is 5.69 Å². The molecule has 1 N–H and O–H groups in total. The van der Waals surface area contributed by atoms with Crippen LogP contribution in [0.15, 0.2) is 48.2 Å². The van der Waals surface area contributed by atoms with Gasteiger partial charge in [-0.2, -0.15) is 0 Å². The highest BCUT2D eigenvalue weighted by Gasteiger charge is 2.27. The van der Waals surface area contributed by atoms with Crippen molar-refractivity contribution in [1.29, 1.82) is 0 Å². The molecule has 0 aromatic heterocycles. The summed E-state index contributed by atoms with van der Waals surface area (Å²) in [6.07, 6.45) is 7.53. The third-order valence-electron chi connectivity index (χ3n) is 4.79. The molecule has 0 atom stereocenters. The van der Waals surface area contributed by atoms with Crippen molar-refractivity contribution in [3.8, 4) is 23.0 Å². The summed E-state index contributed by atoms with van der Waals surface area (Å²) in [7, 11) is 0. The van der Waals surface area contributed by atoms with E-state index in [9.17, 15) is 10.0 Å². The third kappa shape index (κ3) is 3.49. The van der Waals surface area contributed by atoms with Gasteiger partial charge in [0.1, 0.15) is 41.8 Å². The van der Waals surface area contributed by atoms with Gasteiger partial charge in [0.05, 0.1) is 5.56 Å². The van der Waals surface area contributed by atoms with E-state index >= 15 is 0 Å². The molecule has 148 valence electrons. The Kier molecular flexibility index (Phi) is 4.62. The van der Waals surface area contributed by atoms with Gasteiger partial charge < -0.3 is 19.3 Å². The molecule has 29 heavy (non-hydrogen) atoms. The zero-order chi connectivity index (χ0) is 20.6. The average Bonchev–Trinajstić information content (AvgIpc) is 2.71. The molecule has 6 nitrogen and oxygen atoms in total. The summed E-state index contributed by atoms with van der Waals surface area (Å²) in [6.45, 7) is 8.07. The van der Waals surface area contributed by atoms with Gasteiger partial charge in [0.2, 0.25) is 0 Å². The highest BCUT2D eigenvalue weighted by atomic mass is 16.5. The number of fused-ring (bicyclic) bond motifs is 3. The molecule has 0 bridgehead atoms. The summed E-state index contributed by atoms with van der Waals surface area (Å²) in [5.41, 5.74) is 2.73. The molecule has 0 spiro atoms. The van der Waals surface area contributed by atoms with Crippen molar-refractivity contribution in [2.24, 2.45) is 5.18 Å². The largest absolute Gasteiger partial charge is 0.507 e. The van der Waals surface area contributed by atoms with Gasteiger partial charge >= 0.3 is 0 Å². The van der Waals surface area contributed by atoms with Gasteiger partial charge in [0, 0.05) is 22.8 Å². The summed E-state index contributed by atoms with van der Waals surface area (Å²) >= 11 is 0. The molecule has 2 aliphatic rings. The second-order valence-corrected chi connectivity index (χ2v) is 7.42. The molecule has 2 aliphatic heterocycles. The first-order valence-corrected chi connectivity index (χ1v) is 9.25. The Hall–Kier alpha value is -3.54. The van der Waals surface area contributed by atoms with E-state index in [1.54, 1.807) is 12.1 Å². The van der Waals surface area contributed by atoms with Crippen LogP contribution in [0.25, 0.3) is 17.7 Å². The van der Waals surface area contributed by atoms with Crippen molar-refractivity contribution in [2.45, 2.75) is 19.4 Å². The maximum Gasteiger partial charge on any atom is 0.153 e. The molecule has 2 aromatic carbocycles. The molecular formula is C23H21NO5. The summed E-state index contributed by atoms with van der Waals surface area (Å²) in [6, 6.07) is 6.73. The molecule has 2 aromatic rings. The van der Waals surface area contributed by atoms with Gasteiger partial charge in [0.15, 0.2) is 5.69 Å². The van der Waals surface area contributed by atoms with Crippen LogP contribution in [0.1, 0.15) is 30.5 Å². The minimum absolute atomic E-state index is 0.0322. The van der Waals surface area contributed by atoms with E-state index in [0.717, 1.165) is 28.2 Å². The predicted octanol–water partition coefficient (Wildman–Crippen LogP) is 5.47. The Bertz CT molecular complexity index is 1070. The van der Waals surface area contributed by atoms with Gasteiger partial charge in [0.25, 0.3) is 0 Å². The molecule has 0 aliphatic carbocycles. The van der Waals surface area contributed by atoms with E-state index < -0.39 is 0 Å². The fraction of sp³-hybridized carbons (Fsp3) is 0.217. The molecule has 0 amide bonds. The number of benzene rings is 2. The minimum Gasteiger partial charge on any atom is -0.507 e. The number of rotatable bonds is 5. The zero-order valence-electron chi connectivity index (χ0n) is 16.3. The lowest BCUT2D eigenvalue weighted by atomic mass is 9.95. The van der Waals surface area contributed by atoms with Crippen LogP contribution in [0.5, 0.6) is 23.0 Å². The number of nitroso groups, excluding NO2 is 1. The quantitative estimate of drug-likeness (QED) is 0.540. The molecular weight excluding hydrogens is 370 g/mol. The van der Waals surface area contributed by atoms with Crippen molar-refractivity contribution in [2.75, 3.05) is 13.2 Å². The molecule has 4 rings (SSSR count). The van der Waals surface area contributed by atoms with Crippen molar-refractivity contribution >= 4 is 23.4 Å². The number of ether oxygens (including phenoxy) is 3. The van der Waals surface area contributed by atoms with Crippen molar-refractivity contribution in [3.05, 3.63) is 64.6 Å². The molecule has 0 saturated heterocycles. The van der Waals surface area contributed by atoms with Gasteiger partial charge in [-0.05, 0) is 55.5 Å². The number of hydrogen-bond acceptors (Lipinski definition) is 6. The van der Waals surface area contributed by atoms with E-state index in [4.69, 9.17) is 14.2 Å². The lowest BCUT2D eigenvalue weighted by Gasteiger charge is -2.30. The van der Waals surface area contributed by atoms with Crippen molar-refractivity contribution in [3.63, 3.8) is 0 Å². The first-order valence-electron chi connectivity index (χ1n) is 9.25. The molecule has 0 saturated carbocycles. The second-order valence-electron chi connectivity index (χ2n) is 7.42. The Morgan fingerprint density at radius 3 is 2.93 bits per heavy atom. The Morgan fingerprint density at radius 1 is 1.34 bits per heavy atom. The van der Waals surface area contributed by atoms with Gasteiger partial charge in [-0.25, -0.2) is 0 Å². The molecule has 0 radical (unpaired) electrons. The van der Waals surface area contributed by atoms with E-state index in [1.807, 2.05) is 44.2 Å². The van der Waals surface area contributed by atoms with Gasteiger partial charge in [-0.3, -0.25) is 0 Å². The third-order valence-corrected chi connectivity index (χ3v) is 4.79. The lowest BCUT2D eigenvalue weighted by Crippen LogP contribution is -2.27.